The Morgan fingerprint density at radius 1 is 1.08 bits per heavy atom. The van der Waals surface area contributed by atoms with Crippen molar-refractivity contribution in [2.24, 2.45) is 11.3 Å². The molecule has 0 heterocycles. The van der Waals surface area contributed by atoms with Crippen molar-refractivity contribution in [3.63, 3.8) is 0 Å². The molecule has 128 valence electrons. The summed E-state index contributed by atoms with van der Waals surface area (Å²) in [5.74, 6) is 0.352. The van der Waals surface area contributed by atoms with Gasteiger partial charge in [0.05, 0.1) is 0 Å². The van der Waals surface area contributed by atoms with Crippen LogP contribution in [0.3, 0.4) is 0 Å². The van der Waals surface area contributed by atoms with Crippen LogP contribution in [0.15, 0.2) is 48.5 Å². The average molecular weight is 325 g/mol. The van der Waals surface area contributed by atoms with Gasteiger partial charge in [0.1, 0.15) is 5.82 Å². The lowest BCUT2D eigenvalue weighted by atomic mass is 9.81. The van der Waals surface area contributed by atoms with E-state index in [4.69, 9.17) is 0 Å². The quantitative estimate of drug-likeness (QED) is 0.714. The SMILES string of the molecule is CCC1(C(NC)[C@@H](C)Cc2cccc(-c3ccccc3)c2F)CC1. The smallest absolute Gasteiger partial charge is 0.134 e. The van der Waals surface area contributed by atoms with Crippen molar-refractivity contribution < 1.29 is 4.39 Å². The van der Waals surface area contributed by atoms with Gasteiger partial charge in [-0.15, -0.1) is 0 Å². The highest BCUT2D eigenvalue weighted by Gasteiger charge is 2.48. The molecule has 0 aliphatic heterocycles. The molecule has 0 saturated heterocycles. The molecule has 3 rings (SSSR count). The van der Waals surface area contributed by atoms with Gasteiger partial charge in [-0.1, -0.05) is 62.4 Å². The minimum atomic E-state index is -0.0632. The van der Waals surface area contributed by atoms with E-state index in [-0.39, 0.29) is 5.82 Å². The Bertz CT molecular complexity index is 676. The van der Waals surface area contributed by atoms with Crippen LogP contribution in [0.4, 0.5) is 4.39 Å². The molecule has 1 aliphatic rings. The molecule has 0 spiro atoms. The minimum absolute atomic E-state index is 0.0632. The second-order valence-electron chi connectivity index (χ2n) is 7.31. The third-order valence-electron chi connectivity index (χ3n) is 5.84. The summed E-state index contributed by atoms with van der Waals surface area (Å²) in [6.07, 6.45) is 4.58. The van der Waals surface area contributed by atoms with Crippen molar-refractivity contribution in [1.29, 1.82) is 0 Å². The van der Waals surface area contributed by atoms with Crippen molar-refractivity contribution in [1.82, 2.24) is 5.32 Å². The fourth-order valence-electron chi connectivity index (χ4n) is 4.28. The molecule has 0 amide bonds. The van der Waals surface area contributed by atoms with Gasteiger partial charge in [-0.05, 0) is 55.2 Å². The number of benzene rings is 2. The van der Waals surface area contributed by atoms with Gasteiger partial charge in [-0.2, -0.15) is 0 Å². The summed E-state index contributed by atoms with van der Waals surface area (Å²) in [4.78, 5) is 0. The van der Waals surface area contributed by atoms with E-state index in [1.54, 1.807) is 0 Å². The molecule has 1 saturated carbocycles. The molecule has 1 N–H and O–H groups in total. The van der Waals surface area contributed by atoms with Crippen molar-refractivity contribution in [2.45, 2.75) is 45.6 Å². The zero-order valence-electron chi connectivity index (χ0n) is 15.0. The molecule has 1 aliphatic carbocycles. The van der Waals surface area contributed by atoms with Crippen molar-refractivity contribution in [3.05, 3.63) is 59.9 Å². The lowest BCUT2D eigenvalue weighted by molar-refractivity contribution is 0.253. The lowest BCUT2D eigenvalue weighted by Crippen LogP contribution is -2.41. The summed E-state index contributed by atoms with van der Waals surface area (Å²) in [6.45, 7) is 4.53. The normalized spacial score (nSPS) is 18.2. The summed E-state index contributed by atoms with van der Waals surface area (Å²) >= 11 is 0. The molecule has 0 aromatic heterocycles. The van der Waals surface area contributed by atoms with Crippen LogP contribution in [0, 0.1) is 17.2 Å². The van der Waals surface area contributed by atoms with Crippen molar-refractivity contribution in [2.75, 3.05) is 7.05 Å². The Labute approximate surface area is 145 Å². The molecule has 1 unspecified atom stereocenters. The van der Waals surface area contributed by atoms with Gasteiger partial charge < -0.3 is 5.32 Å². The summed E-state index contributed by atoms with van der Waals surface area (Å²) in [6, 6.07) is 16.1. The molecule has 2 atom stereocenters. The monoisotopic (exact) mass is 325 g/mol. The van der Waals surface area contributed by atoms with Gasteiger partial charge in [-0.25, -0.2) is 4.39 Å². The molecule has 1 fully saturated rings. The van der Waals surface area contributed by atoms with Crippen LogP contribution >= 0.6 is 0 Å². The van der Waals surface area contributed by atoms with Gasteiger partial charge in [0.15, 0.2) is 0 Å². The van der Waals surface area contributed by atoms with E-state index >= 15 is 4.39 Å². The summed E-state index contributed by atoms with van der Waals surface area (Å²) in [5.41, 5.74) is 2.91. The number of hydrogen-bond acceptors (Lipinski definition) is 1. The Hall–Kier alpha value is -1.67. The highest BCUT2D eigenvalue weighted by Crippen LogP contribution is 2.53. The van der Waals surface area contributed by atoms with Crippen LogP contribution in [0.25, 0.3) is 11.1 Å². The maximum absolute atomic E-state index is 15.1. The largest absolute Gasteiger partial charge is 0.316 e. The van der Waals surface area contributed by atoms with E-state index in [0.717, 1.165) is 17.5 Å². The number of hydrogen-bond donors (Lipinski definition) is 1. The van der Waals surface area contributed by atoms with E-state index in [1.165, 1.54) is 19.3 Å². The van der Waals surface area contributed by atoms with Crippen molar-refractivity contribution in [3.8, 4) is 11.1 Å². The number of halogens is 1. The van der Waals surface area contributed by atoms with Crippen LogP contribution < -0.4 is 5.32 Å². The Kier molecular flexibility index (Phi) is 5.05. The van der Waals surface area contributed by atoms with Crippen LogP contribution in [0.2, 0.25) is 0 Å². The van der Waals surface area contributed by atoms with Crippen LogP contribution in [0.5, 0.6) is 0 Å². The van der Waals surface area contributed by atoms with Crippen LogP contribution in [-0.4, -0.2) is 13.1 Å². The predicted molar refractivity (Wildman–Crippen MR) is 99.5 cm³/mol. The first-order valence-electron chi connectivity index (χ1n) is 9.11. The third-order valence-corrected chi connectivity index (χ3v) is 5.84. The van der Waals surface area contributed by atoms with Crippen LogP contribution in [0.1, 0.15) is 38.7 Å². The van der Waals surface area contributed by atoms with Gasteiger partial charge in [0.25, 0.3) is 0 Å². The topological polar surface area (TPSA) is 12.0 Å². The number of nitrogens with one attached hydrogen (secondary N) is 1. The second kappa shape index (κ2) is 7.06. The fraction of sp³-hybridized carbons (Fsp3) is 0.455. The molecular formula is C22H28FN. The zero-order valence-corrected chi connectivity index (χ0v) is 15.0. The minimum Gasteiger partial charge on any atom is -0.316 e. The zero-order chi connectivity index (χ0) is 17.2. The highest BCUT2D eigenvalue weighted by atomic mass is 19.1. The van der Waals surface area contributed by atoms with E-state index < -0.39 is 0 Å². The fourth-order valence-corrected chi connectivity index (χ4v) is 4.28. The molecule has 0 radical (unpaired) electrons. The molecule has 2 aromatic rings. The maximum Gasteiger partial charge on any atom is 0.134 e. The number of rotatable bonds is 7. The highest BCUT2D eigenvalue weighted by molar-refractivity contribution is 5.64. The molecule has 0 bridgehead atoms. The Morgan fingerprint density at radius 2 is 1.79 bits per heavy atom. The maximum atomic E-state index is 15.1. The second-order valence-corrected chi connectivity index (χ2v) is 7.31. The van der Waals surface area contributed by atoms with E-state index in [2.05, 4.69) is 19.2 Å². The molecule has 2 heteroatoms. The first-order chi connectivity index (χ1) is 11.6. The van der Waals surface area contributed by atoms with E-state index in [1.807, 2.05) is 55.6 Å². The Morgan fingerprint density at radius 3 is 2.38 bits per heavy atom. The molecule has 2 aromatic carbocycles. The molecule has 24 heavy (non-hydrogen) atoms. The predicted octanol–water partition coefficient (Wildman–Crippen LogP) is 5.45. The summed E-state index contributed by atoms with van der Waals surface area (Å²) < 4.78 is 15.1. The summed E-state index contributed by atoms with van der Waals surface area (Å²) in [5, 5.41) is 3.52. The van der Waals surface area contributed by atoms with Gasteiger partial charge in [0, 0.05) is 11.6 Å². The third kappa shape index (κ3) is 3.25. The van der Waals surface area contributed by atoms with Gasteiger partial charge in [0.2, 0.25) is 0 Å². The van der Waals surface area contributed by atoms with E-state index in [0.29, 0.717) is 22.9 Å². The first-order valence-corrected chi connectivity index (χ1v) is 9.11. The van der Waals surface area contributed by atoms with E-state index in [9.17, 15) is 0 Å². The summed E-state index contributed by atoms with van der Waals surface area (Å²) in [7, 11) is 2.05. The lowest BCUT2D eigenvalue weighted by Gasteiger charge is -2.31. The average Bonchev–Trinajstić information content (AvgIpc) is 3.39. The van der Waals surface area contributed by atoms with Gasteiger partial charge in [-0.3, -0.25) is 0 Å². The van der Waals surface area contributed by atoms with Crippen molar-refractivity contribution >= 4 is 0 Å². The standard InChI is InChI=1S/C22H28FN/c1-4-22(13-14-22)21(24-3)16(2)15-18-11-8-12-19(20(18)23)17-9-6-5-7-10-17/h5-12,16,21,24H,4,13-15H2,1-3H3/t16-,21?/m0/s1. The van der Waals surface area contributed by atoms with Crippen LogP contribution in [-0.2, 0) is 6.42 Å². The van der Waals surface area contributed by atoms with Gasteiger partial charge >= 0.3 is 0 Å². The molecule has 1 nitrogen and oxygen atoms in total. The first kappa shape index (κ1) is 17.2. The Balaban J connectivity index is 1.83. The molecular weight excluding hydrogens is 297 g/mol.